The van der Waals surface area contributed by atoms with E-state index in [-0.39, 0.29) is 5.69 Å². The van der Waals surface area contributed by atoms with Crippen LogP contribution in [0.5, 0.6) is 0 Å². The lowest BCUT2D eigenvalue weighted by Gasteiger charge is -2.19. The van der Waals surface area contributed by atoms with E-state index in [9.17, 15) is 4.39 Å². The maximum Gasteiger partial charge on any atom is 0.150 e. The fourth-order valence-electron chi connectivity index (χ4n) is 4.24. The van der Waals surface area contributed by atoms with Gasteiger partial charge < -0.3 is 0 Å². The minimum Gasteiger partial charge on any atom is -0.205 e. The largest absolute Gasteiger partial charge is 0.205 e. The second-order valence-corrected chi connectivity index (χ2v) is 7.87. The van der Waals surface area contributed by atoms with Crippen LogP contribution in [0.15, 0.2) is 47.0 Å². The second-order valence-electron chi connectivity index (χ2n) is 7.69. The van der Waals surface area contributed by atoms with Crippen molar-refractivity contribution in [2.75, 3.05) is 0 Å². The highest BCUT2D eigenvalue weighted by atomic mass is 32.1. The Kier molecular flexibility index (Phi) is 5.81. The van der Waals surface area contributed by atoms with Gasteiger partial charge in [0, 0.05) is 11.1 Å². The highest BCUT2D eigenvalue weighted by Crippen LogP contribution is 2.34. The molecule has 0 bridgehead atoms. The molecule has 0 unspecified atom stereocenters. The molecule has 4 rings (SSSR count). The van der Waals surface area contributed by atoms with Crippen molar-refractivity contribution >= 4 is 29.1 Å². The van der Waals surface area contributed by atoms with Crippen LogP contribution in [-0.2, 0) is 6.42 Å². The molecule has 2 aromatic carbocycles. The summed E-state index contributed by atoms with van der Waals surface area (Å²) in [5.41, 5.74) is 6.07. The van der Waals surface area contributed by atoms with Crippen LogP contribution >= 0.6 is 12.2 Å². The standard InChI is InChI=1S/C25H22FNS/c26-24-16-20(9-12-25(24)27-17-28)6-5-19-7-10-23-15-21(8-11-22(23)14-19)13-18-3-1-2-4-18/h7,9-10,12,14-16,18H,1-4,8,11,13H2. The number of halogens is 1. The van der Waals surface area contributed by atoms with Crippen LogP contribution in [-0.4, -0.2) is 5.16 Å². The van der Waals surface area contributed by atoms with E-state index in [0.29, 0.717) is 5.56 Å². The molecule has 2 aliphatic rings. The van der Waals surface area contributed by atoms with Crippen molar-refractivity contribution in [2.45, 2.75) is 44.9 Å². The third-order valence-electron chi connectivity index (χ3n) is 5.71. The van der Waals surface area contributed by atoms with E-state index in [1.807, 2.05) is 0 Å². The van der Waals surface area contributed by atoms with Gasteiger partial charge in [-0.25, -0.2) is 4.39 Å². The molecule has 2 aromatic rings. The number of hydrogen-bond acceptors (Lipinski definition) is 2. The van der Waals surface area contributed by atoms with Crippen LogP contribution in [0.1, 0.15) is 60.8 Å². The predicted molar refractivity (Wildman–Crippen MR) is 116 cm³/mol. The fraction of sp³-hybridized carbons (Fsp3) is 0.320. The number of aliphatic imine (C=N–C) groups is 1. The Morgan fingerprint density at radius 2 is 1.75 bits per heavy atom. The monoisotopic (exact) mass is 387 g/mol. The summed E-state index contributed by atoms with van der Waals surface area (Å²) >= 11 is 4.52. The highest BCUT2D eigenvalue weighted by molar-refractivity contribution is 7.78. The van der Waals surface area contributed by atoms with Crippen LogP contribution in [0.4, 0.5) is 10.1 Å². The van der Waals surface area contributed by atoms with Crippen LogP contribution in [0, 0.1) is 23.6 Å². The molecule has 140 valence electrons. The van der Waals surface area contributed by atoms with Gasteiger partial charge in [0.25, 0.3) is 0 Å². The van der Waals surface area contributed by atoms with E-state index in [2.05, 4.69) is 58.5 Å². The molecule has 1 saturated carbocycles. The number of rotatable bonds is 3. The Morgan fingerprint density at radius 1 is 1.00 bits per heavy atom. The summed E-state index contributed by atoms with van der Waals surface area (Å²) in [6, 6.07) is 11.1. The van der Waals surface area contributed by atoms with Crippen molar-refractivity contribution in [2.24, 2.45) is 10.9 Å². The highest BCUT2D eigenvalue weighted by Gasteiger charge is 2.18. The van der Waals surface area contributed by atoms with E-state index in [4.69, 9.17) is 0 Å². The van der Waals surface area contributed by atoms with Crippen LogP contribution in [0.25, 0.3) is 6.08 Å². The Labute approximate surface area is 171 Å². The molecular weight excluding hydrogens is 365 g/mol. The average molecular weight is 388 g/mol. The van der Waals surface area contributed by atoms with Crippen LogP contribution in [0.2, 0.25) is 0 Å². The van der Waals surface area contributed by atoms with E-state index in [1.165, 1.54) is 49.3 Å². The Bertz CT molecular complexity index is 1030. The summed E-state index contributed by atoms with van der Waals surface area (Å²) < 4.78 is 13.9. The fourth-order valence-corrected chi connectivity index (χ4v) is 4.34. The molecule has 0 atom stereocenters. The molecule has 3 heteroatoms. The number of fused-ring (bicyclic) bond motifs is 1. The number of hydrogen-bond donors (Lipinski definition) is 0. The first kappa shape index (κ1) is 18.8. The molecular formula is C25H22FNS. The summed E-state index contributed by atoms with van der Waals surface area (Å²) in [7, 11) is 0. The summed E-state index contributed by atoms with van der Waals surface area (Å²) in [4.78, 5) is 3.69. The first-order valence-electron chi connectivity index (χ1n) is 9.93. The number of isothiocyanates is 1. The Balaban J connectivity index is 1.50. The number of allylic oxidation sites excluding steroid dienone is 1. The van der Waals surface area contributed by atoms with Crippen molar-refractivity contribution < 1.29 is 4.39 Å². The summed E-state index contributed by atoms with van der Waals surface area (Å²) in [6.45, 7) is 0. The van der Waals surface area contributed by atoms with Gasteiger partial charge in [-0.15, -0.1) is 0 Å². The molecule has 0 heterocycles. The van der Waals surface area contributed by atoms with Gasteiger partial charge in [0.1, 0.15) is 5.69 Å². The maximum absolute atomic E-state index is 13.9. The summed E-state index contributed by atoms with van der Waals surface area (Å²) in [5.74, 6) is 6.66. The van der Waals surface area contributed by atoms with Gasteiger partial charge in [-0.05, 0) is 78.9 Å². The van der Waals surface area contributed by atoms with Crippen molar-refractivity contribution in [1.29, 1.82) is 0 Å². The molecule has 2 aliphatic carbocycles. The van der Waals surface area contributed by atoms with E-state index in [1.54, 1.807) is 17.7 Å². The molecule has 28 heavy (non-hydrogen) atoms. The zero-order chi connectivity index (χ0) is 19.3. The Morgan fingerprint density at radius 3 is 2.50 bits per heavy atom. The normalized spacial score (nSPS) is 15.8. The summed E-state index contributed by atoms with van der Waals surface area (Å²) in [6.07, 6.45) is 11.5. The van der Waals surface area contributed by atoms with Gasteiger partial charge >= 0.3 is 0 Å². The predicted octanol–water partition coefficient (Wildman–Crippen LogP) is 6.87. The molecule has 0 radical (unpaired) electrons. The number of nitrogens with zero attached hydrogens (tertiary/aromatic N) is 1. The van der Waals surface area contributed by atoms with E-state index < -0.39 is 5.82 Å². The van der Waals surface area contributed by atoms with E-state index >= 15 is 0 Å². The lowest BCUT2D eigenvalue weighted by molar-refractivity contribution is 0.534. The first-order valence-corrected chi connectivity index (χ1v) is 10.3. The van der Waals surface area contributed by atoms with Crippen molar-refractivity contribution in [3.63, 3.8) is 0 Å². The molecule has 0 spiro atoms. The molecule has 0 amide bonds. The Hall–Kier alpha value is -2.53. The molecule has 0 N–H and O–H groups in total. The SMILES string of the molecule is Fc1cc(C#Cc2ccc3c(c2)CCC(CC2CCCC2)=C3)ccc1N=C=S. The van der Waals surface area contributed by atoms with Gasteiger partial charge in [-0.3, -0.25) is 0 Å². The molecule has 1 nitrogen and oxygen atoms in total. The molecule has 1 fully saturated rings. The molecule has 0 aliphatic heterocycles. The minimum atomic E-state index is -0.436. The van der Waals surface area contributed by atoms with Crippen molar-refractivity contribution in [1.82, 2.24) is 0 Å². The summed E-state index contributed by atoms with van der Waals surface area (Å²) in [5, 5.41) is 2.18. The van der Waals surface area contributed by atoms with Gasteiger partial charge in [-0.2, -0.15) is 4.99 Å². The van der Waals surface area contributed by atoms with Gasteiger partial charge in [0.15, 0.2) is 5.82 Å². The first-order chi connectivity index (χ1) is 13.7. The van der Waals surface area contributed by atoms with Gasteiger partial charge in [0.2, 0.25) is 0 Å². The third kappa shape index (κ3) is 4.47. The third-order valence-corrected chi connectivity index (χ3v) is 5.80. The zero-order valence-corrected chi connectivity index (χ0v) is 16.6. The number of thiocarbonyl (C=S) groups is 1. The topological polar surface area (TPSA) is 12.4 Å². The van der Waals surface area contributed by atoms with Crippen LogP contribution in [0.3, 0.4) is 0 Å². The second kappa shape index (κ2) is 8.65. The van der Waals surface area contributed by atoms with Crippen molar-refractivity contribution in [3.8, 4) is 11.8 Å². The lowest BCUT2D eigenvalue weighted by Crippen LogP contribution is -2.03. The average Bonchev–Trinajstić information content (AvgIpc) is 3.21. The minimum absolute atomic E-state index is 0.189. The molecule has 0 saturated heterocycles. The quantitative estimate of drug-likeness (QED) is 0.318. The van der Waals surface area contributed by atoms with Gasteiger partial charge in [-0.1, -0.05) is 55.2 Å². The lowest BCUT2D eigenvalue weighted by atomic mass is 9.86. The van der Waals surface area contributed by atoms with Crippen LogP contribution < -0.4 is 0 Å². The van der Waals surface area contributed by atoms with Crippen molar-refractivity contribution in [3.05, 3.63) is 70.0 Å². The van der Waals surface area contributed by atoms with E-state index in [0.717, 1.165) is 24.3 Å². The smallest absolute Gasteiger partial charge is 0.150 e. The molecule has 0 aromatic heterocycles. The maximum atomic E-state index is 13.9. The number of aryl methyl sites for hydroxylation is 1. The zero-order valence-electron chi connectivity index (χ0n) is 15.8. The van der Waals surface area contributed by atoms with Gasteiger partial charge in [0.05, 0.1) is 5.16 Å². The number of benzene rings is 2.